The fraction of sp³-hybridized carbons (Fsp3) is 0.562. The molecule has 2 N–H and O–H groups in total. The van der Waals surface area contributed by atoms with Crippen LogP contribution in [0.15, 0.2) is 29.2 Å². The molecule has 0 spiro atoms. The van der Waals surface area contributed by atoms with Crippen LogP contribution in [0.1, 0.15) is 27.7 Å². The molecule has 0 unspecified atom stereocenters. The monoisotopic (exact) mass is 340 g/mol. The van der Waals surface area contributed by atoms with Crippen molar-refractivity contribution in [3.8, 4) is 0 Å². The van der Waals surface area contributed by atoms with Gasteiger partial charge in [-0.2, -0.15) is 0 Å². The fourth-order valence-electron chi connectivity index (χ4n) is 3.52. The number of methoxy groups -OCH3 is 1. The summed E-state index contributed by atoms with van der Waals surface area (Å²) in [6.07, 6.45) is 0.0253. The number of hydrogen-bond acceptors (Lipinski definition) is 4. The van der Waals surface area contributed by atoms with Gasteiger partial charge >= 0.3 is 0 Å². The van der Waals surface area contributed by atoms with Crippen molar-refractivity contribution in [2.24, 2.45) is 11.3 Å². The lowest BCUT2D eigenvalue weighted by atomic mass is 9.58. The van der Waals surface area contributed by atoms with Gasteiger partial charge in [0.25, 0.3) is 0 Å². The van der Waals surface area contributed by atoms with Gasteiger partial charge in [0, 0.05) is 31.2 Å². The van der Waals surface area contributed by atoms with E-state index in [9.17, 15) is 13.2 Å². The molecule has 1 saturated carbocycles. The van der Waals surface area contributed by atoms with Crippen LogP contribution < -0.4 is 10.0 Å². The van der Waals surface area contributed by atoms with Crippen LogP contribution in [0.2, 0.25) is 0 Å². The van der Waals surface area contributed by atoms with E-state index in [2.05, 4.69) is 10.0 Å². The first-order valence-electron chi connectivity index (χ1n) is 7.52. The van der Waals surface area contributed by atoms with Crippen molar-refractivity contribution >= 4 is 21.6 Å². The predicted octanol–water partition coefficient (Wildman–Crippen LogP) is 1.98. The number of ether oxygens (including phenoxy) is 1. The summed E-state index contributed by atoms with van der Waals surface area (Å²) in [7, 11) is -1.97. The minimum absolute atomic E-state index is 0.0253. The first-order chi connectivity index (χ1) is 10.6. The molecule has 1 aliphatic carbocycles. The number of sulfonamides is 1. The van der Waals surface area contributed by atoms with Crippen molar-refractivity contribution in [3.05, 3.63) is 24.3 Å². The highest BCUT2D eigenvalue weighted by molar-refractivity contribution is 7.89. The largest absolute Gasteiger partial charge is 0.380 e. The lowest BCUT2D eigenvalue weighted by molar-refractivity contribution is -0.138. The summed E-state index contributed by atoms with van der Waals surface area (Å²) in [5.41, 5.74) is 0.297. The third-order valence-corrected chi connectivity index (χ3v) is 6.02. The first kappa shape index (κ1) is 17.9. The lowest BCUT2D eigenvalue weighted by Crippen LogP contribution is -2.67. The van der Waals surface area contributed by atoms with Crippen LogP contribution in [-0.4, -0.2) is 33.6 Å². The smallest absolute Gasteiger partial charge is 0.240 e. The molecular weight excluding hydrogens is 316 g/mol. The van der Waals surface area contributed by atoms with Crippen LogP contribution in [-0.2, 0) is 19.6 Å². The van der Waals surface area contributed by atoms with Gasteiger partial charge in [0.15, 0.2) is 0 Å². The standard InChI is InChI=1S/C16H24N2O4S/c1-10-14(16(3,4)15(10)22-5)18-23(20,21)13-8-6-12(7-9-13)17-11(2)19/h6-10,14-15,18H,1-5H3,(H,17,19)/t10-,14-,15-/m1/s1. The molecule has 1 aromatic rings. The summed E-state index contributed by atoms with van der Waals surface area (Å²) in [6, 6.07) is 5.93. The van der Waals surface area contributed by atoms with Gasteiger partial charge in [-0.05, 0) is 30.2 Å². The maximum Gasteiger partial charge on any atom is 0.240 e. The Balaban J connectivity index is 2.15. The van der Waals surface area contributed by atoms with Gasteiger partial charge in [-0.1, -0.05) is 20.8 Å². The zero-order valence-electron chi connectivity index (χ0n) is 14.1. The van der Waals surface area contributed by atoms with Crippen molar-refractivity contribution in [1.82, 2.24) is 4.72 Å². The summed E-state index contributed by atoms with van der Waals surface area (Å²) in [4.78, 5) is 11.2. The number of nitrogens with one attached hydrogen (secondary N) is 2. The van der Waals surface area contributed by atoms with E-state index < -0.39 is 10.0 Å². The van der Waals surface area contributed by atoms with Crippen LogP contribution >= 0.6 is 0 Å². The van der Waals surface area contributed by atoms with E-state index in [1.54, 1.807) is 19.2 Å². The van der Waals surface area contributed by atoms with Crippen LogP contribution in [0.4, 0.5) is 5.69 Å². The van der Waals surface area contributed by atoms with Gasteiger partial charge in [0.2, 0.25) is 15.9 Å². The summed E-state index contributed by atoms with van der Waals surface area (Å²) in [5.74, 6) is -0.0993. The van der Waals surface area contributed by atoms with Crippen LogP contribution in [0.25, 0.3) is 0 Å². The minimum atomic E-state index is -3.62. The van der Waals surface area contributed by atoms with E-state index in [0.717, 1.165) is 0 Å². The second-order valence-electron chi connectivity index (χ2n) is 6.64. The van der Waals surface area contributed by atoms with Gasteiger partial charge in [0.05, 0.1) is 11.0 Å². The summed E-state index contributed by atoms with van der Waals surface area (Å²) in [6.45, 7) is 7.37. The number of amides is 1. The van der Waals surface area contributed by atoms with E-state index in [-0.39, 0.29) is 34.3 Å². The lowest BCUT2D eigenvalue weighted by Gasteiger charge is -2.56. The average molecular weight is 340 g/mol. The fourth-order valence-corrected chi connectivity index (χ4v) is 5.00. The van der Waals surface area contributed by atoms with E-state index >= 15 is 0 Å². The predicted molar refractivity (Wildman–Crippen MR) is 88.6 cm³/mol. The number of benzene rings is 1. The highest BCUT2D eigenvalue weighted by Gasteiger charge is 2.55. The molecule has 1 aliphatic rings. The van der Waals surface area contributed by atoms with Gasteiger partial charge in [-0.25, -0.2) is 13.1 Å². The highest BCUT2D eigenvalue weighted by atomic mass is 32.2. The van der Waals surface area contributed by atoms with Crippen LogP contribution in [0.3, 0.4) is 0 Å². The number of carbonyl (C=O) groups is 1. The van der Waals surface area contributed by atoms with Crippen molar-refractivity contribution in [2.45, 2.75) is 44.7 Å². The molecule has 23 heavy (non-hydrogen) atoms. The molecule has 128 valence electrons. The van der Waals surface area contributed by atoms with Gasteiger partial charge in [-0.3, -0.25) is 4.79 Å². The van der Waals surface area contributed by atoms with Gasteiger partial charge in [-0.15, -0.1) is 0 Å². The Morgan fingerprint density at radius 1 is 1.22 bits per heavy atom. The SMILES string of the molecule is CO[C@@H]1[C@H](C)[C@@H](NS(=O)(=O)c2ccc(NC(C)=O)cc2)C1(C)C. The number of carbonyl (C=O) groups excluding carboxylic acids is 1. The zero-order chi connectivity index (χ0) is 17.4. The topological polar surface area (TPSA) is 84.5 Å². The number of rotatable bonds is 5. The molecule has 0 radical (unpaired) electrons. The van der Waals surface area contributed by atoms with Crippen molar-refractivity contribution in [2.75, 3.05) is 12.4 Å². The van der Waals surface area contributed by atoms with Crippen molar-refractivity contribution < 1.29 is 17.9 Å². The van der Waals surface area contributed by atoms with Crippen LogP contribution in [0.5, 0.6) is 0 Å². The Bertz CT molecular complexity index is 683. The molecule has 1 fully saturated rings. The molecule has 1 amide bonds. The van der Waals surface area contributed by atoms with Crippen molar-refractivity contribution in [1.29, 1.82) is 0 Å². The maximum atomic E-state index is 12.6. The molecule has 1 aromatic carbocycles. The Hall–Kier alpha value is -1.44. The Morgan fingerprint density at radius 3 is 2.22 bits per heavy atom. The molecule has 0 aliphatic heterocycles. The quantitative estimate of drug-likeness (QED) is 0.858. The molecule has 0 heterocycles. The minimum Gasteiger partial charge on any atom is -0.380 e. The molecule has 6 nitrogen and oxygen atoms in total. The third-order valence-electron chi connectivity index (χ3n) is 4.56. The first-order valence-corrected chi connectivity index (χ1v) is 9.00. The normalized spacial score (nSPS) is 26.4. The van der Waals surface area contributed by atoms with Crippen molar-refractivity contribution in [3.63, 3.8) is 0 Å². The molecule has 0 saturated heterocycles. The van der Waals surface area contributed by atoms with Gasteiger partial charge < -0.3 is 10.1 Å². The summed E-state index contributed by atoms with van der Waals surface area (Å²) < 4.78 is 33.3. The van der Waals surface area contributed by atoms with Gasteiger partial charge in [0.1, 0.15) is 0 Å². The highest BCUT2D eigenvalue weighted by Crippen LogP contribution is 2.47. The molecule has 0 aromatic heterocycles. The molecule has 3 atom stereocenters. The molecule has 2 rings (SSSR count). The maximum absolute atomic E-state index is 12.6. The molecule has 0 bridgehead atoms. The second-order valence-corrected chi connectivity index (χ2v) is 8.36. The molecular formula is C16H24N2O4S. The average Bonchev–Trinajstić information content (AvgIpc) is 2.45. The summed E-state index contributed by atoms with van der Waals surface area (Å²) >= 11 is 0. The second kappa shape index (κ2) is 6.22. The van der Waals surface area contributed by atoms with E-state index in [0.29, 0.717) is 5.69 Å². The summed E-state index contributed by atoms with van der Waals surface area (Å²) in [5, 5.41) is 2.61. The van der Waals surface area contributed by atoms with Crippen LogP contribution in [0, 0.1) is 11.3 Å². The van der Waals surface area contributed by atoms with E-state index in [1.807, 2.05) is 20.8 Å². The number of anilines is 1. The Kier molecular flexibility index (Phi) is 4.84. The Morgan fingerprint density at radius 2 is 1.78 bits per heavy atom. The van der Waals surface area contributed by atoms with E-state index in [4.69, 9.17) is 4.74 Å². The molecule has 7 heteroatoms. The number of hydrogen-bond donors (Lipinski definition) is 2. The van der Waals surface area contributed by atoms with E-state index in [1.165, 1.54) is 19.1 Å². The Labute approximate surface area is 137 Å². The third kappa shape index (κ3) is 3.41. The zero-order valence-corrected chi connectivity index (χ0v) is 14.9.